The highest BCUT2D eigenvalue weighted by Crippen LogP contribution is 2.35. The van der Waals surface area contributed by atoms with Gasteiger partial charge in [0.2, 0.25) is 5.91 Å². The number of esters is 1. The molecule has 223 valence electrons. The van der Waals surface area contributed by atoms with Gasteiger partial charge in [-0.3, -0.25) is 19.3 Å². The zero-order valence-electron chi connectivity index (χ0n) is 24.8. The van der Waals surface area contributed by atoms with Crippen LogP contribution in [0.5, 0.6) is 0 Å². The van der Waals surface area contributed by atoms with Crippen molar-refractivity contribution in [1.82, 2.24) is 9.80 Å². The number of imide groups is 1. The fraction of sp³-hybridized carbons (Fsp3) is 0.741. The van der Waals surface area contributed by atoms with Crippen molar-refractivity contribution in [3.05, 3.63) is 18.6 Å². The molecule has 4 unspecified atom stereocenters. The molecule has 1 aliphatic rings. The summed E-state index contributed by atoms with van der Waals surface area (Å²) in [4.78, 5) is 53.0. The number of rotatable bonds is 10. The average Bonchev–Trinajstić information content (AvgIpc) is 3.14. The Labute approximate surface area is 232 Å². The number of sulfone groups is 1. The van der Waals surface area contributed by atoms with Gasteiger partial charge in [-0.15, -0.1) is 6.58 Å². The number of carboxylic acids is 1. The molecule has 0 aliphatic carbocycles. The van der Waals surface area contributed by atoms with E-state index < -0.39 is 74.1 Å². The first-order valence-corrected chi connectivity index (χ1v) is 14.6. The number of aliphatic carboxylic acids is 1. The number of hydrogen-bond donors (Lipinski definition) is 1. The van der Waals surface area contributed by atoms with Crippen molar-refractivity contribution >= 4 is 33.8 Å². The van der Waals surface area contributed by atoms with E-state index in [0.29, 0.717) is 10.8 Å². The third-order valence-corrected chi connectivity index (χ3v) is 8.33. The predicted molar refractivity (Wildman–Crippen MR) is 146 cm³/mol. The number of nitrogens with zero attached hydrogens (tertiary/aromatic N) is 2. The van der Waals surface area contributed by atoms with Crippen molar-refractivity contribution in [1.29, 1.82) is 0 Å². The summed E-state index contributed by atoms with van der Waals surface area (Å²) >= 11 is 0. The van der Waals surface area contributed by atoms with E-state index in [0.717, 1.165) is 6.92 Å². The number of likely N-dealkylation sites (tertiary alicyclic amines) is 1. The molecule has 0 saturated carbocycles. The van der Waals surface area contributed by atoms with Crippen molar-refractivity contribution in [2.24, 2.45) is 11.8 Å². The summed E-state index contributed by atoms with van der Waals surface area (Å²) in [5.74, 6) is -4.49. The van der Waals surface area contributed by atoms with Crippen molar-refractivity contribution in [2.75, 3.05) is 12.3 Å². The molecular formula is C27H45N2O9S. The van der Waals surface area contributed by atoms with Gasteiger partial charge in [-0.2, -0.15) is 0 Å². The van der Waals surface area contributed by atoms with E-state index in [2.05, 4.69) is 6.58 Å². The third-order valence-electron chi connectivity index (χ3n) is 6.25. The third kappa shape index (κ3) is 9.59. The molecule has 2 amide bonds. The minimum absolute atomic E-state index is 0.178. The molecular weight excluding hydrogens is 528 g/mol. The smallest absolute Gasteiger partial charge is 0.418 e. The molecule has 1 aliphatic heterocycles. The molecule has 1 N–H and O–H groups in total. The molecule has 1 rings (SSSR count). The molecule has 1 heterocycles. The topological polar surface area (TPSA) is 148 Å². The maximum Gasteiger partial charge on any atom is 0.418 e. The second-order valence-electron chi connectivity index (χ2n) is 12.2. The average molecular weight is 574 g/mol. The number of ether oxygens (including phenoxy) is 2. The number of amides is 2. The largest absolute Gasteiger partial charge is 0.480 e. The molecule has 39 heavy (non-hydrogen) atoms. The maximum atomic E-state index is 13.7. The lowest BCUT2D eigenvalue weighted by Crippen LogP contribution is -2.55. The molecule has 0 aromatic rings. The molecule has 1 fully saturated rings. The van der Waals surface area contributed by atoms with E-state index >= 15 is 0 Å². The molecule has 5 atom stereocenters. The van der Waals surface area contributed by atoms with Crippen molar-refractivity contribution in [2.45, 2.75) is 104 Å². The normalized spacial score (nSPS) is 21.1. The van der Waals surface area contributed by atoms with E-state index in [1.54, 1.807) is 66.4 Å². The Morgan fingerprint density at radius 2 is 1.56 bits per heavy atom. The van der Waals surface area contributed by atoms with Gasteiger partial charge < -0.3 is 14.6 Å². The van der Waals surface area contributed by atoms with Gasteiger partial charge >= 0.3 is 18.0 Å². The van der Waals surface area contributed by atoms with Gasteiger partial charge in [0.15, 0.2) is 9.84 Å². The summed E-state index contributed by atoms with van der Waals surface area (Å²) in [6.07, 6.45) is 0.767. The lowest BCUT2D eigenvalue weighted by Gasteiger charge is -2.39. The molecule has 1 radical (unpaired) electrons. The van der Waals surface area contributed by atoms with Crippen LogP contribution in [0.4, 0.5) is 4.79 Å². The highest BCUT2D eigenvalue weighted by molar-refractivity contribution is 7.92. The van der Waals surface area contributed by atoms with Crippen LogP contribution in [-0.4, -0.2) is 88.2 Å². The fourth-order valence-electron chi connectivity index (χ4n) is 4.64. The first-order chi connectivity index (χ1) is 17.5. The molecule has 11 nitrogen and oxygen atoms in total. The maximum absolute atomic E-state index is 13.7. The molecule has 0 aromatic heterocycles. The van der Waals surface area contributed by atoms with Gasteiger partial charge in [0.25, 0.3) is 0 Å². The predicted octanol–water partition coefficient (Wildman–Crippen LogP) is 3.43. The Morgan fingerprint density at radius 3 is 1.95 bits per heavy atom. The highest BCUT2D eigenvalue weighted by Gasteiger charge is 2.49. The van der Waals surface area contributed by atoms with Gasteiger partial charge in [-0.05, 0) is 66.7 Å². The summed E-state index contributed by atoms with van der Waals surface area (Å²) < 4.78 is 38.3. The van der Waals surface area contributed by atoms with E-state index in [1.807, 2.05) is 0 Å². The quantitative estimate of drug-likeness (QED) is 0.304. The number of carbonyl (C=O) groups is 4. The van der Waals surface area contributed by atoms with Crippen LogP contribution in [-0.2, 0) is 33.7 Å². The Kier molecular flexibility index (Phi) is 11.3. The van der Waals surface area contributed by atoms with Crippen LogP contribution in [0, 0.1) is 17.8 Å². The fourth-order valence-corrected chi connectivity index (χ4v) is 6.29. The molecule has 0 aromatic carbocycles. The number of hydrogen-bond acceptors (Lipinski definition) is 9. The van der Waals surface area contributed by atoms with Crippen molar-refractivity contribution < 1.29 is 42.2 Å². The first kappa shape index (κ1) is 34.6. The molecule has 12 heteroatoms. The monoisotopic (exact) mass is 573 g/mol. The summed E-state index contributed by atoms with van der Waals surface area (Å²) in [5, 5.41) is 8.26. The van der Waals surface area contributed by atoms with E-state index in [9.17, 15) is 32.7 Å². The van der Waals surface area contributed by atoms with Crippen LogP contribution in [0.25, 0.3) is 0 Å². The van der Waals surface area contributed by atoms with E-state index in [-0.39, 0.29) is 18.9 Å². The second kappa shape index (κ2) is 12.8. The first-order valence-electron chi connectivity index (χ1n) is 12.9. The van der Waals surface area contributed by atoms with Crippen LogP contribution in [0.3, 0.4) is 0 Å². The van der Waals surface area contributed by atoms with Gasteiger partial charge in [-0.25, -0.2) is 18.1 Å². The summed E-state index contributed by atoms with van der Waals surface area (Å²) in [5.41, 5.74) is -1.95. The Balaban J connectivity index is 3.61. The minimum atomic E-state index is -4.37. The lowest BCUT2D eigenvalue weighted by molar-refractivity contribution is -0.162. The molecule has 0 bridgehead atoms. The molecule has 1 saturated heterocycles. The Morgan fingerprint density at radius 1 is 1.05 bits per heavy atom. The van der Waals surface area contributed by atoms with Crippen LogP contribution in [0.1, 0.15) is 75.7 Å². The lowest BCUT2D eigenvalue weighted by atomic mass is 9.89. The Hall–Kier alpha value is -2.47. The van der Waals surface area contributed by atoms with Gasteiger partial charge in [0, 0.05) is 19.5 Å². The van der Waals surface area contributed by atoms with Crippen LogP contribution >= 0.6 is 0 Å². The summed E-state index contributed by atoms with van der Waals surface area (Å²) in [7, 11) is -4.37. The van der Waals surface area contributed by atoms with Crippen LogP contribution < -0.4 is 0 Å². The zero-order valence-corrected chi connectivity index (χ0v) is 25.6. The minimum Gasteiger partial charge on any atom is -0.480 e. The van der Waals surface area contributed by atoms with Crippen molar-refractivity contribution in [3.8, 4) is 0 Å². The molecule has 0 spiro atoms. The number of carbonyl (C=O) groups excluding carboxylic acids is 3. The summed E-state index contributed by atoms with van der Waals surface area (Å²) in [6.45, 7) is 19.3. The van der Waals surface area contributed by atoms with Gasteiger partial charge in [0.1, 0.15) is 22.6 Å². The number of carboxylic acid groups (broad SMARTS) is 1. The zero-order chi connectivity index (χ0) is 30.7. The van der Waals surface area contributed by atoms with Crippen LogP contribution in [0.15, 0.2) is 12.7 Å². The van der Waals surface area contributed by atoms with Crippen LogP contribution in [0.2, 0.25) is 0 Å². The standard InChI is InChI=1S/C27H45N2O9S/c1-12-19-13-21(23(31)32)28(14-19)22(16(2)3)20(24(33)37-26(6,7)8)15-39(35,36)18(5)29(17(4)30)25(34)38-27(9,10)11/h12,18-22H,1,13-15H2,2-11H3,(H,31,32)/t18?,19?,20-,21?,22?/m1/s1. The Bertz CT molecular complexity index is 1040. The van der Waals surface area contributed by atoms with Gasteiger partial charge in [0.05, 0.1) is 11.7 Å². The van der Waals surface area contributed by atoms with E-state index in [1.165, 1.54) is 6.92 Å². The van der Waals surface area contributed by atoms with Crippen molar-refractivity contribution in [3.63, 3.8) is 0 Å². The highest BCUT2D eigenvalue weighted by atomic mass is 32.2. The van der Waals surface area contributed by atoms with Gasteiger partial charge in [-0.1, -0.05) is 19.9 Å². The second-order valence-corrected chi connectivity index (χ2v) is 14.6. The summed E-state index contributed by atoms with van der Waals surface area (Å²) in [6, 6.07) is -1.89. The van der Waals surface area contributed by atoms with E-state index in [4.69, 9.17) is 9.47 Å². The SMILES string of the molecule is C=CC1CC(C(=O)O)N(C([C](C)C)[C@@H](CS(=O)(=O)C(C)N(C(C)=O)C(=O)OC(C)(C)C)C(=O)OC(C)(C)C)C1.